The molecule has 216 valence electrons. The summed E-state index contributed by atoms with van der Waals surface area (Å²) in [5, 5.41) is 31.6. The number of benzene rings is 1. The fraction of sp³-hybridized carbons (Fsp3) is 0.333. The van der Waals surface area contributed by atoms with Gasteiger partial charge in [0.25, 0.3) is 0 Å². The second-order valence-electron chi connectivity index (χ2n) is 9.34. The number of carboxylic acids is 1. The molecule has 0 radical (unpaired) electrons. The molecular weight excluding hydrogens is 551 g/mol. The van der Waals surface area contributed by atoms with Gasteiger partial charge in [-0.3, -0.25) is 24.3 Å². The number of aromatic nitrogens is 1. The number of imide groups is 1. The second-order valence-corrected chi connectivity index (χ2v) is 9.34. The minimum Gasteiger partial charge on any atom is -0.535 e. The van der Waals surface area contributed by atoms with Crippen molar-refractivity contribution in [2.45, 2.75) is 24.7 Å². The van der Waals surface area contributed by atoms with E-state index in [1.807, 2.05) is 0 Å². The lowest BCUT2D eigenvalue weighted by Gasteiger charge is -2.33. The van der Waals surface area contributed by atoms with Gasteiger partial charge in [-0.1, -0.05) is 6.07 Å². The first kappa shape index (κ1) is 29.4. The van der Waals surface area contributed by atoms with Crippen molar-refractivity contribution < 1.29 is 52.6 Å². The number of rotatable bonds is 8. The number of aromatic carboxylic acids is 1. The van der Waals surface area contributed by atoms with Gasteiger partial charge in [0.2, 0.25) is 0 Å². The van der Waals surface area contributed by atoms with Gasteiger partial charge in [-0.2, -0.15) is 0 Å². The van der Waals surface area contributed by atoms with E-state index in [9.17, 15) is 48.0 Å². The molecule has 0 bridgehead atoms. The Morgan fingerprint density at radius 2 is 1.93 bits per heavy atom. The zero-order valence-corrected chi connectivity index (χ0v) is 21.3. The molecule has 14 nitrogen and oxygen atoms in total. The van der Waals surface area contributed by atoms with Crippen molar-refractivity contribution in [1.82, 2.24) is 20.1 Å². The first-order valence-corrected chi connectivity index (χ1v) is 12.3. The Kier molecular flexibility index (Phi) is 8.48. The number of hydrogen-bond donors (Lipinski definition) is 5. The number of Topliss-reactive ketones (excluding diaryl/α,β-unsaturated/α-hetero) is 1. The minimum absolute atomic E-state index is 0.0242. The highest BCUT2D eigenvalue weighted by Crippen LogP contribution is 2.38. The van der Waals surface area contributed by atoms with Crippen LogP contribution in [0.3, 0.4) is 0 Å². The smallest absolute Gasteiger partial charge is 0.526 e. The van der Waals surface area contributed by atoms with E-state index in [-0.39, 0.29) is 38.2 Å². The number of hydrogen-bond acceptors (Lipinski definition) is 10. The van der Waals surface area contributed by atoms with E-state index in [0.717, 1.165) is 17.2 Å². The molecule has 4 rings (SSSR count). The third-order valence-corrected chi connectivity index (χ3v) is 6.66. The average molecular weight is 575 g/mol. The lowest BCUT2D eigenvalue weighted by Crippen LogP contribution is -2.59. The van der Waals surface area contributed by atoms with Gasteiger partial charge in [0, 0.05) is 44.5 Å². The van der Waals surface area contributed by atoms with Crippen molar-refractivity contribution in [2.75, 3.05) is 26.2 Å². The van der Waals surface area contributed by atoms with E-state index in [1.54, 1.807) is 0 Å². The molecule has 0 unspecified atom stereocenters. The molecule has 2 aliphatic rings. The number of carboxylic acid groups (broad SMARTS) is 1. The summed E-state index contributed by atoms with van der Waals surface area (Å²) in [6, 6.07) is -0.271. The lowest BCUT2D eigenvalue weighted by molar-refractivity contribution is -0.153. The molecule has 0 aliphatic carbocycles. The molecule has 1 aromatic carbocycles. The van der Waals surface area contributed by atoms with Crippen LogP contribution in [0.5, 0.6) is 11.5 Å². The lowest BCUT2D eigenvalue weighted by atomic mass is 9.64. The van der Waals surface area contributed by atoms with Crippen LogP contribution in [0.15, 0.2) is 24.4 Å². The Hall–Kier alpha value is -4.64. The normalized spacial score (nSPS) is 17.6. The molecule has 2 atom stereocenters. The molecule has 4 amide bonds. The number of halogens is 2. The van der Waals surface area contributed by atoms with Gasteiger partial charge in [-0.25, -0.2) is 18.4 Å². The number of carbonyl (C=O) groups excluding carboxylic acids is 4. The van der Waals surface area contributed by atoms with Gasteiger partial charge >= 0.3 is 30.9 Å². The predicted octanol–water partition coefficient (Wildman–Crippen LogP) is -0.411. The molecule has 41 heavy (non-hydrogen) atoms. The summed E-state index contributed by atoms with van der Waals surface area (Å²) >= 11 is 0. The number of amides is 4. The van der Waals surface area contributed by atoms with Crippen molar-refractivity contribution in [3.05, 3.63) is 52.9 Å². The number of urea groups is 1. The third-order valence-electron chi connectivity index (χ3n) is 6.66. The third kappa shape index (κ3) is 5.95. The average Bonchev–Trinajstić information content (AvgIpc) is 2.90. The molecule has 2 aromatic rings. The summed E-state index contributed by atoms with van der Waals surface area (Å²) in [5.74, 6) is -9.02. The molecule has 1 saturated heterocycles. The summed E-state index contributed by atoms with van der Waals surface area (Å²) in [5.41, 5.74) is 4.19. The van der Waals surface area contributed by atoms with Crippen LogP contribution in [-0.2, 0) is 20.8 Å². The second kappa shape index (κ2) is 11.9. The van der Waals surface area contributed by atoms with Gasteiger partial charge in [-0.15, -0.1) is 0 Å². The maximum absolute atomic E-state index is 14.8. The molecule has 1 aromatic heterocycles. The number of ketones is 1. The van der Waals surface area contributed by atoms with Gasteiger partial charge in [0.15, 0.2) is 11.6 Å². The Balaban J connectivity index is 1.58. The number of pyridine rings is 1. The van der Waals surface area contributed by atoms with Gasteiger partial charge in [0.1, 0.15) is 34.6 Å². The van der Waals surface area contributed by atoms with Gasteiger partial charge in [0.05, 0.1) is 6.20 Å². The van der Waals surface area contributed by atoms with Crippen LogP contribution in [0.2, 0.25) is 5.82 Å². The van der Waals surface area contributed by atoms with Crippen LogP contribution in [0, 0.1) is 11.6 Å². The SMILES string of the molecule is NCCN1CCN(C(=O)N[C@@H](C(=O)C[C@H]2Cc3ccc(F)c(C(=O)O)c3OB2O)c2ncc(O)cc2F)C(=O)C1=O. The zero-order valence-electron chi connectivity index (χ0n) is 21.3. The predicted molar refractivity (Wildman–Crippen MR) is 134 cm³/mol. The van der Waals surface area contributed by atoms with Crippen LogP contribution in [0.25, 0.3) is 0 Å². The van der Waals surface area contributed by atoms with E-state index in [4.69, 9.17) is 10.4 Å². The number of aromatic hydroxyl groups is 1. The quantitative estimate of drug-likeness (QED) is 0.202. The van der Waals surface area contributed by atoms with E-state index in [1.165, 1.54) is 6.07 Å². The summed E-state index contributed by atoms with van der Waals surface area (Å²) in [7, 11) is -1.78. The highest BCUT2D eigenvalue weighted by Gasteiger charge is 2.42. The Labute approximate surface area is 230 Å². The van der Waals surface area contributed by atoms with Crippen LogP contribution in [0.4, 0.5) is 13.6 Å². The molecule has 0 saturated carbocycles. The first-order chi connectivity index (χ1) is 19.4. The molecule has 1 fully saturated rings. The fourth-order valence-electron chi connectivity index (χ4n) is 4.64. The van der Waals surface area contributed by atoms with E-state index in [2.05, 4.69) is 10.3 Å². The van der Waals surface area contributed by atoms with Crippen molar-refractivity contribution in [1.29, 1.82) is 0 Å². The minimum atomic E-state index is -1.84. The summed E-state index contributed by atoms with van der Waals surface area (Å²) in [6.07, 6.45) is 0.0947. The van der Waals surface area contributed by atoms with Crippen LogP contribution >= 0.6 is 0 Å². The van der Waals surface area contributed by atoms with E-state index < -0.39 is 89.4 Å². The molecule has 6 N–H and O–H groups in total. The molecule has 2 aliphatic heterocycles. The number of piperazine rings is 1. The van der Waals surface area contributed by atoms with Crippen molar-refractivity contribution in [3.8, 4) is 11.5 Å². The van der Waals surface area contributed by atoms with Crippen molar-refractivity contribution >= 4 is 36.7 Å². The largest absolute Gasteiger partial charge is 0.535 e. The van der Waals surface area contributed by atoms with Gasteiger partial charge < -0.3 is 35.8 Å². The fourth-order valence-corrected chi connectivity index (χ4v) is 4.64. The summed E-state index contributed by atoms with van der Waals surface area (Å²) < 4.78 is 34.1. The highest BCUT2D eigenvalue weighted by molar-refractivity contribution is 6.47. The Morgan fingerprint density at radius 1 is 1.20 bits per heavy atom. The van der Waals surface area contributed by atoms with Crippen molar-refractivity contribution in [3.63, 3.8) is 0 Å². The maximum Gasteiger partial charge on any atom is 0.526 e. The van der Waals surface area contributed by atoms with Crippen LogP contribution in [-0.4, -0.2) is 92.9 Å². The zero-order chi connectivity index (χ0) is 30.0. The molecule has 3 heterocycles. The Morgan fingerprint density at radius 3 is 2.59 bits per heavy atom. The first-order valence-electron chi connectivity index (χ1n) is 12.3. The van der Waals surface area contributed by atoms with Crippen LogP contribution in [0.1, 0.15) is 34.1 Å². The van der Waals surface area contributed by atoms with E-state index >= 15 is 0 Å². The monoisotopic (exact) mass is 575 g/mol. The number of fused-ring (bicyclic) bond motifs is 1. The Bertz CT molecular complexity index is 1430. The standard InChI is InChI=1S/C24H24BF2N5O9/c26-14-2-1-11-7-12(25(40)41-20(11)17(14)23(37)38)8-16(34)19(18-15(27)9-13(33)10-29-18)30-24(39)32-6-5-31(4-3-28)21(35)22(32)36/h1-2,9-10,12,19,33,40H,3-8,28H2,(H,30,39)(H,37,38)/t12-,19+/m1/s1. The topological polar surface area (TPSA) is 213 Å². The summed E-state index contributed by atoms with van der Waals surface area (Å²) in [6.45, 7) is -0.0958. The molecule has 17 heteroatoms. The summed E-state index contributed by atoms with van der Waals surface area (Å²) in [4.78, 5) is 68.2. The number of nitrogens with one attached hydrogen (secondary N) is 1. The molecule has 0 spiro atoms. The van der Waals surface area contributed by atoms with E-state index in [0.29, 0.717) is 11.0 Å². The van der Waals surface area contributed by atoms with Crippen molar-refractivity contribution in [2.24, 2.45) is 5.73 Å². The maximum atomic E-state index is 14.8. The molecular formula is C24H24BF2N5O9. The van der Waals surface area contributed by atoms with Crippen LogP contribution < -0.4 is 15.7 Å². The van der Waals surface area contributed by atoms with Gasteiger partial charge in [-0.05, 0) is 18.1 Å². The number of nitrogens with two attached hydrogens (primary N) is 1. The highest BCUT2D eigenvalue weighted by atomic mass is 19.1. The number of nitrogens with zero attached hydrogens (tertiary/aromatic N) is 3. The number of carbonyl (C=O) groups is 5.